The first-order valence-corrected chi connectivity index (χ1v) is 19.6. The van der Waals surface area contributed by atoms with Crippen LogP contribution >= 0.6 is 0 Å². The van der Waals surface area contributed by atoms with E-state index in [9.17, 15) is 0 Å². The van der Waals surface area contributed by atoms with Crippen molar-refractivity contribution in [2.45, 2.75) is 12.8 Å². The van der Waals surface area contributed by atoms with Gasteiger partial charge in [-0.3, -0.25) is 0 Å². The molecule has 0 amide bonds. The second-order valence-corrected chi connectivity index (χ2v) is 14.9. The summed E-state index contributed by atoms with van der Waals surface area (Å²) in [4.78, 5) is 0. The quantitative estimate of drug-likeness (QED) is 0.162. The number of para-hydroxylation sites is 2. The molecule has 10 aromatic rings. The molecule has 264 valence electrons. The van der Waals surface area contributed by atoms with Gasteiger partial charge in [0.25, 0.3) is 0 Å². The summed E-state index contributed by atoms with van der Waals surface area (Å²) in [6.07, 6.45) is 9.13. The molecule has 1 aliphatic rings. The molecule has 0 N–H and O–H groups in total. The molecule has 8 aromatic carbocycles. The van der Waals surface area contributed by atoms with Crippen LogP contribution in [-0.4, -0.2) is 9.13 Å². The molecule has 0 bridgehead atoms. The summed E-state index contributed by atoms with van der Waals surface area (Å²) in [5.74, 6) is 0. The van der Waals surface area contributed by atoms with E-state index in [0.29, 0.717) is 0 Å². The number of allylic oxidation sites excluding steroid dienone is 4. The molecule has 2 aromatic heterocycles. The lowest BCUT2D eigenvalue weighted by atomic mass is 9.95. The van der Waals surface area contributed by atoms with Crippen LogP contribution in [0.15, 0.2) is 206 Å². The van der Waals surface area contributed by atoms with Gasteiger partial charge in [-0.05, 0) is 124 Å². The fourth-order valence-electron chi connectivity index (χ4n) is 8.83. The largest absolute Gasteiger partial charge is 0.309 e. The third kappa shape index (κ3) is 5.41. The van der Waals surface area contributed by atoms with Crippen LogP contribution in [0.4, 0.5) is 0 Å². The Kier molecular flexibility index (Phi) is 7.67. The molecule has 0 saturated heterocycles. The van der Waals surface area contributed by atoms with Gasteiger partial charge in [-0.1, -0.05) is 140 Å². The fourth-order valence-corrected chi connectivity index (χ4v) is 8.83. The maximum atomic E-state index is 2.46. The predicted octanol–water partition coefficient (Wildman–Crippen LogP) is 14.6. The van der Waals surface area contributed by atoms with Gasteiger partial charge in [-0.15, -0.1) is 0 Å². The van der Waals surface area contributed by atoms with Crippen LogP contribution < -0.4 is 0 Å². The van der Waals surface area contributed by atoms with Crippen molar-refractivity contribution in [3.8, 4) is 44.8 Å². The SMILES string of the molecule is C1=CC(c2cc(-c3ccccc3)cc(-n3c4ccccc4c4cc(-c5ccc6c(c5)c5ccccc5n6-c5ccc(-c6ccccc6)cc5)ccc43)c2)=CCC1. The molecular weight excluding hydrogens is 677 g/mol. The average Bonchev–Trinajstić information content (AvgIpc) is 3.79. The Morgan fingerprint density at radius 1 is 0.304 bits per heavy atom. The number of hydrogen-bond acceptors (Lipinski definition) is 0. The summed E-state index contributed by atoms with van der Waals surface area (Å²) in [7, 11) is 0. The van der Waals surface area contributed by atoms with E-state index in [1.807, 2.05) is 0 Å². The molecule has 0 fully saturated rings. The monoisotopic (exact) mass is 714 g/mol. The number of hydrogen-bond donors (Lipinski definition) is 0. The highest BCUT2D eigenvalue weighted by atomic mass is 15.0. The third-order valence-corrected chi connectivity index (χ3v) is 11.5. The van der Waals surface area contributed by atoms with Crippen molar-refractivity contribution in [3.63, 3.8) is 0 Å². The van der Waals surface area contributed by atoms with E-state index < -0.39 is 0 Å². The first-order valence-electron chi connectivity index (χ1n) is 19.6. The molecule has 0 atom stereocenters. The number of rotatable bonds is 6. The van der Waals surface area contributed by atoms with Crippen molar-refractivity contribution in [2.75, 3.05) is 0 Å². The summed E-state index contributed by atoms with van der Waals surface area (Å²) in [5, 5.41) is 5.02. The number of fused-ring (bicyclic) bond motifs is 6. The standard InChI is InChI=1S/C54H38N2/c1-4-14-37(15-5-1)40-24-28-45(29-25-40)55-51-22-12-10-20-47(51)49-35-41(26-30-53(49)55)42-27-31-54-50(36-42)48-21-11-13-23-52(48)56(54)46-33-43(38-16-6-2-7-17-38)32-44(34-46)39-18-8-3-9-19-39/h1-2,4-8,10-36H,3,9H2. The number of nitrogens with zero attached hydrogens (tertiary/aromatic N) is 2. The zero-order valence-corrected chi connectivity index (χ0v) is 30.9. The van der Waals surface area contributed by atoms with Gasteiger partial charge < -0.3 is 9.13 Å². The second-order valence-electron chi connectivity index (χ2n) is 14.9. The Morgan fingerprint density at radius 2 is 0.786 bits per heavy atom. The normalized spacial score (nSPS) is 12.9. The fraction of sp³-hybridized carbons (Fsp3) is 0.0370. The van der Waals surface area contributed by atoms with Crippen LogP contribution in [0.3, 0.4) is 0 Å². The molecule has 0 spiro atoms. The lowest BCUT2D eigenvalue weighted by Gasteiger charge is -2.15. The molecule has 1 aliphatic carbocycles. The van der Waals surface area contributed by atoms with Gasteiger partial charge in [0.2, 0.25) is 0 Å². The summed E-state index contributed by atoms with van der Waals surface area (Å²) < 4.78 is 4.86. The lowest BCUT2D eigenvalue weighted by Crippen LogP contribution is -1.97. The minimum Gasteiger partial charge on any atom is -0.309 e. The van der Waals surface area contributed by atoms with E-state index in [4.69, 9.17) is 0 Å². The van der Waals surface area contributed by atoms with Crippen molar-refractivity contribution >= 4 is 49.2 Å². The first kappa shape index (κ1) is 32.3. The highest BCUT2D eigenvalue weighted by Crippen LogP contribution is 2.40. The maximum absolute atomic E-state index is 2.46. The average molecular weight is 715 g/mol. The molecular formula is C54H38N2. The molecule has 0 saturated carbocycles. The number of aromatic nitrogens is 2. The van der Waals surface area contributed by atoms with E-state index >= 15 is 0 Å². The molecule has 0 unspecified atom stereocenters. The van der Waals surface area contributed by atoms with Crippen LogP contribution in [0, 0.1) is 0 Å². The summed E-state index contributed by atoms with van der Waals surface area (Å²) in [5.41, 5.74) is 17.0. The zero-order chi connectivity index (χ0) is 37.0. The zero-order valence-electron chi connectivity index (χ0n) is 30.9. The van der Waals surface area contributed by atoms with Crippen molar-refractivity contribution in [3.05, 3.63) is 212 Å². The topological polar surface area (TPSA) is 9.86 Å². The van der Waals surface area contributed by atoms with Crippen molar-refractivity contribution in [1.29, 1.82) is 0 Å². The van der Waals surface area contributed by atoms with E-state index in [1.165, 1.54) is 93.8 Å². The van der Waals surface area contributed by atoms with Crippen LogP contribution in [0.2, 0.25) is 0 Å². The Balaban J connectivity index is 1.05. The van der Waals surface area contributed by atoms with Crippen molar-refractivity contribution in [2.24, 2.45) is 0 Å². The lowest BCUT2D eigenvalue weighted by molar-refractivity contribution is 1.04. The van der Waals surface area contributed by atoms with Gasteiger partial charge in [-0.2, -0.15) is 0 Å². The van der Waals surface area contributed by atoms with Gasteiger partial charge in [-0.25, -0.2) is 0 Å². The van der Waals surface area contributed by atoms with Gasteiger partial charge in [0.05, 0.1) is 22.1 Å². The van der Waals surface area contributed by atoms with Crippen LogP contribution in [0.5, 0.6) is 0 Å². The van der Waals surface area contributed by atoms with E-state index in [-0.39, 0.29) is 0 Å². The second kappa shape index (κ2) is 13.3. The summed E-state index contributed by atoms with van der Waals surface area (Å²) in [6.45, 7) is 0. The molecule has 11 rings (SSSR count). The van der Waals surface area contributed by atoms with Crippen molar-refractivity contribution in [1.82, 2.24) is 9.13 Å². The van der Waals surface area contributed by atoms with Crippen LogP contribution in [-0.2, 0) is 0 Å². The highest BCUT2D eigenvalue weighted by molar-refractivity contribution is 6.12. The molecule has 0 aliphatic heterocycles. The summed E-state index contributed by atoms with van der Waals surface area (Å²) >= 11 is 0. The van der Waals surface area contributed by atoms with Gasteiger partial charge in [0.1, 0.15) is 0 Å². The smallest absolute Gasteiger partial charge is 0.0541 e. The minimum atomic E-state index is 1.07. The van der Waals surface area contributed by atoms with E-state index in [2.05, 4.69) is 215 Å². The van der Waals surface area contributed by atoms with Gasteiger partial charge >= 0.3 is 0 Å². The summed E-state index contributed by atoms with van der Waals surface area (Å²) in [6, 6.07) is 69.0. The first-order chi connectivity index (χ1) is 27.8. The Morgan fingerprint density at radius 3 is 1.38 bits per heavy atom. The van der Waals surface area contributed by atoms with Crippen LogP contribution in [0.25, 0.3) is 93.9 Å². The Hall–Kier alpha value is -7.16. The third-order valence-electron chi connectivity index (χ3n) is 11.5. The molecule has 2 heteroatoms. The number of benzene rings is 8. The predicted molar refractivity (Wildman–Crippen MR) is 238 cm³/mol. The minimum absolute atomic E-state index is 1.07. The van der Waals surface area contributed by atoms with E-state index in [0.717, 1.165) is 18.5 Å². The Labute approximate surface area is 326 Å². The van der Waals surface area contributed by atoms with Crippen LogP contribution in [0.1, 0.15) is 18.4 Å². The maximum Gasteiger partial charge on any atom is 0.0541 e. The van der Waals surface area contributed by atoms with E-state index in [1.54, 1.807) is 0 Å². The molecule has 2 nitrogen and oxygen atoms in total. The molecule has 0 radical (unpaired) electrons. The molecule has 2 heterocycles. The van der Waals surface area contributed by atoms with Gasteiger partial charge in [0, 0.05) is 32.9 Å². The van der Waals surface area contributed by atoms with Crippen molar-refractivity contribution < 1.29 is 0 Å². The Bertz CT molecular complexity index is 3160. The molecule has 56 heavy (non-hydrogen) atoms. The highest BCUT2D eigenvalue weighted by Gasteiger charge is 2.18. The van der Waals surface area contributed by atoms with Gasteiger partial charge in [0.15, 0.2) is 0 Å².